The fourth-order valence-electron chi connectivity index (χ4n) is 1.82. The Bertz CT molecular complexity index is 749. The topological polar surface area (TPSA) is 96.9 Å². The van der Waals surface area contributed by atoms with Crippen LogP contribution in [0.4, 0.5) is 18.9 Å². The van der Waals surface area contributed by atoms with Gasteiger partial charge in [-0.05, 0) is 18.2 Å². The van der Waals surface area contributed by atoms with Crippen molar-refractivity contribution in [1.82, 2.24) is 5.43 Å². The highest BCUT2D eigenvalue weighted by atomic mass is 35.5. The van der Waals surface area contributed by atoms with Crippen molar-refractivity contribution in [2.45, 2.75) is 19.0 Å². The molecule has 0 aromatic heterocycles. The molecular formula is C14H11ClF3N3O4. The van der Waals surface area contributed by atoms with Crippen molar-refractivity contribution in [3.05, 3.63) is 28.8 Å². The number of hydrogen-bond donors (Lipinski definition) is 2. The Kier molecular flexibility index (Phi) is 5.62. The van der Waals surface area contributed by atoms with E-state index in [0.29, 0.717) is 6.07 Å². The number of hydrazone groups is 1. The number of benzene rings is 1. The zero-order valence-electron chi connectivity index (χ0n) is 12.4. The van der Waals surface area contributed by atoms with Crippen molar-refractivity contribution in [1.29, 1.82) is 0 Å². The lowest BCUT2D eigenvalue weighted by molar-refractivity contribution is -0.140. The Labute approximate surface area is 144 Å². The molecule has 0 saturated carbocycles. The summed E-state index contributed by atoms with van der Waals surface area (Å²) in [5.41, 5.74) is 0.773. The molecule has 1 aromatic rings. The number of alkyl halides is 3. The van der Waals surface area contributed by atoms with Gasteiger partial charge in [-0.2, -0.15) is 18.3 Å². The van der Waals surface area contributed by atoms with Crippen molar-refractivity contribution in [3.63, 3.8) is 0 Å². The molecule has 134 valence electrons. The number of rotatable bonds is 4. The van der Waals surface area contributed by atoms with Crippen molar-refractivity contribution in [2.75, 3.05) is 11.9 Å². The summed E-state index contributed by atoms with van der Waals surface area (Å²) < 4.78 is 42.7. The molecular weight excluding hydrogens is 367 g/mol. The number of nitrogens with zero attached hydrogens (tertiary/aromatic N) is 1. The van der Waals surface area contributed by atoms with E-state index >= 15 is 0 Å². The van der Waals surface area contributed by atoms with Gasteiger partial charge in [-0.25, -0.2) is 10.2 Å². The van der Waals surface area contributed by atoms with Crippen LogP contribution < -0.4 is 10.7 Å². The molecule has 0 bridgehead atoms. The van der Waals surface area contributed by atoms with Crippen LogP contribution in [0.25, 0.3) is 0 Å². The van der Waals surface area contributed by atoms with Gasteiger partial charge < -0.3 is 10.1 Å². The van der Waals surface area contributed by atoms with Crippen LogP contribution >= 0.6 is 11.6 Å². The summed E-state index contributed by atoms with van der Waals surface area (Å²) in [5.74, 6) is -2.14. The number of halogens is 4. The van der Waals surface area contributed by atoms with Crippen LogP contribution in [-0.2, 0) is 25.3 Å². The molecule has 25 heavy (non-hydrogen) atoms. The third-order valence-corrected chi connectivity index (χ3v) is 3.37. The van der Waals surface area contributed by atoms with Crippen LogP contribution in [0, 0.1) is 0 Å². The summed E-state index contributed by atoms with van der Waals surface area (Å²) in [6, 6.07) is 2.43. The molecule has 11 heteroatoms. The minimum atomic E-state index is -4.60. The average molecular weight is 378 g/mol. The van der Waals surface area contributed by atoms with Gasteiger partial charge in [-0.15, -0.1) is 0 Å². The molecule has 0 spiro atoms. The zero-order valence-corrected chi connectivity index (χ0v) is 13.2. The van der Waals surface area contributed by atoms with Gasteiger partial charge in [0.05, 0.1) is 16.3 Å². The quantitative estimate of drug-likeness (QED) is 0.785. The Hall–Kier alpha value is -2.62. The van der Waals surface area contributed by atoms with E-state index in [4.69, 9.17) is 11.6 Å². The lowest BCUT2D eigenvalue weighted by Crippen LogP contribution is -2.32. The SMILES string of the molecule is O=C1CCC(C(=O)OCC(=O)Nc2cc(C(F)(F)F)ccc2Cl)=NN1. The number of anilines is 1. The fraction of sp³-hybridized carbons (Fsp3) is 0.286. The second-order valence-corrected chi connectivity index (χ2v) is 5.32. The molecule has 2 N–H and O–H groups in total. The van der Waals surface area contributed by atoms with E-state index < -0.39 is 30.2 Å². The molecule has 0 atom stereocenters. The summed E-state index contributed by atoms with van der Waals surface area (Å²) >= 11 is 5.74. The Morgan fingerprint density at radius 1 is 1.32 bits per heavy atom. The zero-order chi connectivity index (χ0) is 18.6. The second-order valence-electron chi connectivity index (χ2n) is 4.91. The van der Waals surface area contributed by atoms with E-state index in [0.717, 1.165) is 12.1 Å². The molecule has 7 nitrogen and oxygen atoms in total. The predicted octanol–water partition coefficient (Wildman–Crippen LogP) is 2.11. The number of carbonyl (C=O) groups is 3. The largest absolute Gasteiger partial charge is 0.451 e. The van der Waals surface area contributed by atoms with E-state index in [-0.39, 0.29) is 35.2 Å². The third-order valence-electron chi connectivity index (χ3n) is 3.04. The minimum absolute atomic E-state index is 0.0555. The summed E-state index contributed by atoms with van der Waals surface area (Å²) in [7, 11) is 0. The Balaban J connectivity index is 1.94. The van der Waals surface area contributed by atoms with E-state index in [1.807, 2.05) is 0 Å². The molecule has 0 aliphatic carbocycles. The Morgan fingerprint density at radius 2 is 2.04 bits per heavy atom. The summed E-state index contributed by atoms with van der Waals surface area (Å²) in [6.07, 6.45) is -4.48. The number of amides is 2. The molecule has 0 radical (unpaired) electrons. The van der Waals surface area contributed by atoms with Crippen LogP contribution in [0.2, 0.25) is 5.02 Å². The summed E-state index contributed by atoms with van der Waals surface area (Å²) in [5, 5.41) is 5.52. The minimum Gasteiger partial charge on any atom is -0.451 e. The normalized spacial score (nSPS) is 14.4. The van der Waals surface area contributed by atoms with E-state index in [1.165, 1.54) is 0 Å². The second kappa shape index (κ2) is 7.51. The van der Waals surface area contributed by atoms with Gasteiger partial charge in [-0.1, -0.05) is 11.6 Å². The molecule has 1 aliphatic heterocycles. The van der Waals surface area contributed by atoms with Crippen LogP contribution in [0.3, 0.4) is 0 Å². The first-order chi connectivity index (χ1) is 11.7. The average Bonchev–Trinajstić information content (AvgIpc) is 2.54. The number of nitrogens with one attached hydrogen (secondary N) is 2. The van der Waals surface area contributed by atoms with Crippen LogP contribution in [0.5, 0.6) is 0 Å². The lowest BCUT2D eigenvalue weighted by atomic mass is 10.2. The number of hydrogen-bond acceptors (Lipinski definition) is 5. The van der Waals surface area contributed by atoms with Gasteiger partial charge in [0.15, 0.2) is 6.61 Å². The van der Waals surface area contributed by atoms with E-state index in [9.17, 15) is 27.6 Å². The van der Waals surface area contributed by atoms with Crippen LogP contribution in [0.1, 0.15) is 18.4 Å². The van der Waals surface area contributed by atoms with Gasteiger partial charge >= 0.3 is 12.1 Å². The van der Waals surface area contributed by atoms with Crippen molar-refractivity contribution >= 4 is 40.8 Å². The smallest absolute Gasteiger partial charge is 0.416 e. The molecule has 0 saturated heterocycles. The highest BCUT2D eigenvalue weighted by Crippen LogP contribution is 2.33. The number of carbonyl (C=O) groups excluding carboxylic acids is 3. The molecule has 0 unspecified atom stereocenters. The third kappa shape index (κ3) is 5.18. The highest BCUT2D eigenvalue weighted by Gasteiger charge is 2.31. The van der Waals surface area contributed by atoms with Gasteiger partial charge in [0.1, 0.15) is 5.71 Å². The van der Waals surface area contributed by atoms with Crippen molar-refractivity contribution < 1.29 is 32.3 Å². The maximum Gasteiger partial charge on any atom is 0.416 e. The first kappa shape index (κ1) is 18.7. The van der Waals surface area contributed by atoms with Gasteiger partial charge in [-0.3, -0.25) is 9.59 Å². The monoisotopic (exact) mass is 377 g/mol. The van der Waals surface area contributed by atoms with E-state index in [1.54, 1.807) is 0 Å². The lowest BCUT2D eigenvalue weighted by Gasteiger charge is -2.13. The molecule has 2 amide bonds. The summed E-state index contributed by atoms with van der Waals surface area (Å²) in [4.78, 5) is 34.3. The molecule has 1 heterocycles. The molecule has 0 fully saturated rings. The van der Waals surface area contributed by atoms with Crippen molar-refractivity contribution in [2.24, 2.45) is 5.10 Å². The number of esters is 1. The van der Waals surface area contributed by atoms with Gasteiger partial charge in [0, 0.05) is 12.8 Å². The van der Waals surface area contributed by atoms with Crippen LogP contribution in [-0.4, -0.2) is 30.1 Å². The highest BCUT2D eigenvalue weighted by molar-refractivity contribution is 6.37. The van der Waals surface area contributed by atoms with Crippen LogP contribution in [0.15, 0.2) is 23.3 Å². The predicted molar refractivity (Wildman–Crippen MR) is 80.9 cm³/mol. The molecule has 1 aromatic carbocycles. The fourth-order valence-corrected chi connectivity index (χ4v) is 1.98. The Morgan fingerprint density at radius 3 is 2.64 bits per heavy atom. The first-order valence-corrected chi connectivity index (χ1v) is 7.23. The first-order valence-electron chi connectivity index (χ1n) is 6.86. The van der Waals surface area contributed by atoms with E-state index in [2.05, 4.69) is 20.6 Å². The van der Waals surface area contributed by atoms with Crippen molar-refractivity contribution in [3.8, 4) is 0 Å². The molecule has 2 rings (SSSR count). The molecule has 1 aliphatic rings. The standard InChI is InChI=1S/C14H11ClF3N3O4/c15-8-2-1-7(14(16,17)18)5-10(8)19-12(23)6-25-13(24)9-3-4-11(22)21-20-9/h1-2,5H,3-4,6H2,(H,19,23)(H,21,22). The summed E-state index contributed by atoms with van der Waals surface area (Å²) in [6.45, 7) is -0.752. The maximum absolute atomic E-state index is 12.7. The van der Waals surface area contributed by atoms with Gasteiger partial charge in [0.2, 0.25) is 5.91 Å². The number of ether oxygens (including phenoxy) is 1. The van der Waals surface area contributed by atoms with Gasteiger partial charge in [0.25, 0.3) is 5.91 Å². The maximum atomic E-state index is 12.7.